The summed E-state index contributed by atoms with van der Waals surface area (Å²) in [6, 6.07) is 15.4. The lowest BCUT2D eigenvalue weighted by molar-refractivity contribution is -0.105. The Morgan fingerprint density at radius 3 is 2.38 bits per heavy atom. The van der Waals surface area contributed by atoms with E-state index in [0.29, 0.717) is 6.42 Å². The molecule has 0 radical (unpaired) electrons. The summed E-state index contributed by atoms with van der Waals surface area (Å²) in [5.41, 5.74) is 1.95. The molecule has 0 saturated carbocycles. The Kier molecular flexibility index (Phi) is 5.72. The quantitative estimate of drug-likeness (QED) is 0.874. The molecule has 0 aliphatic carbocycles. The fraction of sp³-hybridized carbons (Fsp3) is 0.400. The second-order valence-electron chi connectivity index (χ2n) is 6.05. The second-order valence-corrected chi connectivity index (χ2v) is 6.05. The van der Waals surface area contributed by atoms with E-state index in [0.717, 1.165) is 48.5 Å². The maximum atomic E-state index is 10.4. The van der Waals surface area contributed by atoms with Gasteiger partial charge in [0.15, 0.2) is 6.29 Å². The molecule has 1 saturated heterocycles. The highest BCUT2D eigenvalue weighted by Gasteiger charge is 2.15. The number of methoxy groups -OCH3 is 1. The van der Waals surface area contributed by atoms with Crippen molar-refractivity contribution in [3.05, 3.63) is 59.7 Å². The number of ether oxygens (including phenoxy) is 3. The molecule has 0 bridgehead atoms. The maximum absolute atomic E-state index is 10.4. The van der Waals surface area contributed by atoms with Gasteiger partial charge in [-0.2, -0.15) is 0 Å². The molecule has 1 heterocycles. The summed E-state index contributed by atoms with van der Waals surface area (Å²) in [6.45, 7) is 0.775. The first-order valence-electron chi connectivity index (χ1n) is 8.44. The van der Waals surface area contributed by atoms with Crippen LogP contribution in [0.2, 0.25) is 0 Å². The second kappa shape index (κ2) is 8.18. The lowest BCUT2D eigenvalue weighted by atomic mass is 10.0. The average Bonchev–Trinajstić information content (AvgIpc) is 2.64. The lowest BCUT2D eigenvalue weighted by Crippen LogP contribution is -2.24. The Labute approximate surface area is 143 Å². The minimum absolute atomic E-state index is 0.130. The van der Waals surface area contributed by atoms with Crippen LogP contribution in [-0.4, -0.2) is 25.1 Å². The number of benzene rings is 2. The Morgan fingerprint density at radius 2 is 1.75 bits per heavy atom. The van der Waals surface area contributed by atoms with Crippen molar-refractivity contribution in [1.29, 1.82) is 0 Å². The average molecular weight is 328 g/mol. The van der Waals surface area contributed by atoms with Crippen molar-refractivity contribution >= 4 is 0 Å². The van der Waals surface area contributed by atoms with Gasteiger partial charge in [-0.05, 0) is 48.2 Å². The fourth-order valence-electron chi connectivity index (χ4n) is 2.83. The molecular weight excluding hydrogens is 304 g/mol. The first-order valence-corrected chi connectivity index (χ1v) is 8.44. The minimum atomic E-state index is -0.538. The molecule has 0 spiro atoms. The number of hydrogen-bond donors (Lipinski definition) is 1. The van der Waals surface area contributed by atoms with Gasteiger partial charge in [0.2, 0.25) is 0 Å². The number of rotatable bonds is 6. The van der Waals surface area contributed by atoms with Crippen LogP contribution in [0.4, 0.5) is 0 Å². The van der Waals surface area contributed by atoms with Crippen LogP contribution in [0, 0.1) is 0 Å². The summed E-state index contributed by atoms with van der Waals surface area (Å²) >= 11 is 0. The fourth-order valence-corrected chi connectivity index (χ4v) is 2.83. The predicted octanol–water partition coefficient (Wildman–Crippen LogP) is 3.88. The van der Waals surface area contributed by atoms with Gasteiger partial charge in [-0.1, -0.05) is 24.3 Å². The largest absolute Gasteiger partial charge is 0.497 e. The zero-order chi connectivity index (χ0) is 16.8. The summed E-state index contributed by atoms with van der Waals surface area (Å²) in [4.78, 5) is 0. The van der Waals surface area contributed by atoms with Crippen LogP contribution >= 0.6 is 0 Å². The highest BCUT2D eigenvalue weighted by molar-refractivity contribution is 5.31. The van der Waals surface area contributed by atoms with E-state index in [4.69, 9.17) is 14.2 Å². The zero-order valence-electron chi connectivity index (χ0n) is 14.0. The van der Waals surface area contributed by atoms with E-state index in [1.165, 1.54) is 0 Å². The number of aliphatic hydroxyl groups excluding tert-OH is 1. The van der Waals surface area contributed by atoms with Gasteiger partial charge in [-0.25, -0.2) is 0 Å². The lowest BCUT2D eigenvalue weighted by Gasteiger charge is -2.23. The van der Waals surface area contributed by atoms with Gasteiger partial charge in [0, 0.05) is 12.8 Å². The molecular formula is C20H24O4. The van der Waals surface area contributed by atoms with Gasteiger partial charge in [0.1, 0.15) is 11.5 Å². The van der Waals surface area contributed by atoms with Gasteiger partial charge in [-0.3, -0.25) is 0 Å². The van der Waals surface area contributed by atoms with E-state index in [9.17, 15) is 5.11 Å². The third-order valence-corrected chi connectivity index (χ3v) is 4.26. The summed E-state index contributed by atoms with van der Waals surface area (Å²) in [7, 11) is 1.63. The van der Waals surface area contributed by atoms with E-state index >= 15 is 0 Å². The van der Waals surface area contributed by atoms with Crippen molar-refractivity contribution in [1.82, 2.24) is 0 Å². The smallest absolute Gasteiger partial charge is 0.199 e. The summed E-state index contributed by atoms with van der Waals surface area (Å²) in [5.74, 6) is 1.60. The van der Waals surface area contributed by atoms with Crippen molar-refractivity contribution < 1.29 is 19.3 Å². The minimum Gasteiger partial charge on any atom is -0.497 e. The third-order valence-electron chi connectivity index (χ3n) is 4.26. The van der Waals surface area contributed by atoms with Gasteiger partial charge < -0.3 is 19.3 Å². The van der Waals surface area contributed by atoms with Gasteiger partial charge in [-0.15, -0.1) is 0 Å². The van der Waals surface area contributed by atoms with Gasteiger partial charge >= 0.3 is 0 Å². The summed E-state index contributed by atoms with van der Waals surface area (Å²) in [5, 5.41) is 10.4. The highest BCUT2D eigenvalue weighted by Crippen LogP contribution is 2.24. The van der Waals surface area contributed by atoms with Crippen LogP contribution in [0.1, 0.15) is 36.5 Å². The van der Waals surface area contributed by atoms with Crippen LogP contribution in [0.3, 0.4) is 0 Å². The monoisotopic (exact) mass is 328 g/mol. The molecule has 4 nitrogen and oxygen atoms in total. The molecule has 2 atom stereocenters. The molecule has 0 amide bonds. The third kappa shape index (κ3) is 4.49. The van der Waals surface area contributed by atoms with Crippen LogP contribution in [-0.2, 0) is 11.2 Å². The van der Waals surface area contributed by atoms with Crippen LogP contribution in [0.5, 0.6) is 11.5 Å². The predicted molar refractivity (Wildman–Crippen MR) is 92.3 cm³/mol. The molecule has 24 heavy (non-hydrogen) atoms. The van der Waals surface area contributed by atoms with Crippen LogP contribution in [0.15, 0.2) is 48.5 Å². The van der Waals surface area contributed by atoms with Crippen molar-refractivity contribution in [3.8, 4) is 11.5 Å². The Balaban J connectivity index is 1.56. The van der Waals surface area contributed by atoms with Crippen molar-refractivity contribution in [2.45, 2.75) is 38.1 Å². The van der Waals surface area contributed by atoms with E-state index in [2.05, 4.69) is 0 Å². The topological polar surface area (TPSA) is 47.9 Å². The molecule has 1 fully saturated rings. The standard InChI is InChI=1S/C20H24O4/c1-22-17-11-7-16(8-12-17)19(21)14-15-5-9-18(10-6-15)24-20-4-2-3-13-23-20/h5-12,19-21H,2-4,13-14H2,1H3/t19-,20+/m0/s1. The van der Waals surface area contributed by atoms with E-state index in [-0.39, 0.29) is 6.29 Å². The molecule has 2 aromatic carbocycles. The Morgan fingerprint density at radius 1 is 1.04 bits per heavy atom. The van der Waals surface area contributed by atoms with Gasteiger partial charge in [0.25, 0.3) is 0 Å². The highest BCUT2D eigenvalue weighted by atomic mass is 16.7. The van der Waals surface area contributed by atoms with Crippen molar-refractivity contribution in [2.24, 2.45) is 0 Å². The number of aliphatic hydroxyl groups is 1. The van der Waals surface area contributed by atoms with Gasteiger partial charge in [0.05, 0.1) is 19.8 Å². The van der Waals surface area contributed by atoms with Crippen LogP contribution < -0.4 is 9.47 Å². The molecule has 3 rings (SSSR count). The number of hydrogen-bond acceptors (Lipinski definition) is 4. The molecule has 1 aliphatic heterocycles. The molecule has 1 aliphatic rings. The van der Waals surface area contributed by atoms with Crippen LogP contribution in [0.25, 0.3) is 0 Å². The first-order chi connectivity index (χ1) is 11.7. The zero-order valence-corrected chi connectivity index (χ0v) is 14.0. The van der Waals surface area contributed by atoms with E-state index in [1.807, 2.05) is 48.5 Å². The van der Waals surface area contributed by atoms with E-state index in [1.54, 1.807) is 7.11 Å². The normalized spacial score (nSPS) is 18.8. The van der Waals surface area contributed by atoms with Crippen molar-refractivity contribution in [3.63, 3.8) is 0 Å². The maximum Gasteiger partial charge on any atom is 0.199 e. The van der Waals surface area contributed by atoms with Crippen molar-refractivity contribution in [2.75, 3.05) is 13.7 Å². The molecule has 4 heteroatoms. The molecule has 128 valence electrons. The van der Waals surface area contributed by atoms with E-state index < -0.39 is 6.10 Å². The summed E-state index contributed by atoms with van der Waals surface area (Å²) < 4.78 is 16.5. The Hall–Kier alpha value is -2.04. The molecule has 0 unspecified atom stereocenters. The first kappa shape index (κ1) is 16.8. The molecule has 0 aromatic heterocycles. The Bertz CT molecular complexity index is 615. The molecule has 2 aromatic rings. The SMILES string of the molecule is COc1ccc([C@@H](O)Cc2ccc(O[C@@H]3CCCCO3)cc2)cc1. The molecule has 1 N–H and O–H groups in total. The summed E-state index contributed by atoms with van der Waals surface area (Å²) in [6.07, 6.45) is 3.10.